The first-order valence-corrected chi connectivity index (χ1v) is 7.83. The first kappa shape index (κ1) is 14.8. The van der Waals surface area contributed by atoms with Crippen molar-refractivity contribution < 1.29 is 9.13 Å². The summed E-state index contributed by atoms with van der Waals surface area (Å²) in [6, 6.07) is 7.12. The summed E-state index contributed by atoms with van der Waals surface area (Å²) in [6.07, 6.45) is 7.57. The number of nitrogens with two attached hydrogens (primary N) is 1. The summed E-state index contributed by atoms with van der Waals surface area (Å²) < 4.78 is 21.8. The summed E-state index contributed by atoms with van der Waals surface area (Å²) in [4.78, 5) is 8.55. The van der Waals surface area contributed by atoms with Crippen LogP contribution in [-0.2, 0) is 13.0 Å². The summed E-state index contributed by atoms with van der Waals surface area (Å²) in [5, 5.41) is 0. The highest BCUT2D eigenvalue weighted by Gasteiger charge is 2.28. The average molecular weight is 324 g/mol. The molecule has 6 heteroatoms. The van der Waals surface area contributed by atoms with E-state index in [-0.39, 0.29) is 11.9 Å². The predicted molar refractivity (Wildman–Crippen MR) is 88.1 cm³/mol. The van der Waals surface area contributed by atoms with Gasteiger partial charge in [0, 0.05) is 49.2 Å². The molecule has 4 rings (SSSR count). The SMILES string of the molecule is NCC1Cc2c(F)ccc(-c3ccc(Cn4ccnc4)cn3)c2O1. The molecule has 0 saturated carbocycles. The Kier molecular flexibility index (Phi) is 3.74. The number of aromatic nitrogens is 3. The summed E-state index contributed by atoms with van der Waals surface area (Å²) in [6.45, 7) is 1.07. The molecule has 122 valence electrons. The van der Waals surface area contributed by atoms with Gasteiger partial charge in [0.2, 0.25) is 0 Å². The van der Waals surface area contributed by atoms with Crippen molar-refractivity contribution in [1.82, 2.24) is 14.5 Å². The second-order valence-electron chi connectivity index (χ2n) is 5.87. The number of halogens is 1. The molecule has 24 heavy (non-hydrogen) atoms. The molecule has 3 aromatic rings. The number of benzene rings is 1. The molecule has 1 atom stereocenters. The Morgan fingerprint density at radius 3 is 2.92 bits per heavy atom. The lowest BCUT2D eigenvalue weighted by molar-refractivity contribution is 0.242. The topological polar surface area (TPSA) is 66.0 Å². The van der Waals surface area contributed by atoms with Crippen molar-refractivity contribution in [3.8, 4) is 17.0 Å². The third-order valence-corrected chi connectivity index (χ3v) is 4.21. The van der Waals surface area contributed by atoms with Crippen LogP contribution in [0.5, 0.6) is 5.75 Å². The molecule has 3 heterocycles. The van der Waals surface area contributed by atoms with E-state index in [1.807, 2.05) is 29.1 Å². The number of imidazole rings is 1. The Morgan fingerprint density at radius 1 is 1.29 bits per heavy atom. The zero-order valence-electron chi connectivity index (χ0n) is 13.0. The fourth-order valence-electron chi connectivity index (χ4n) is 2.97. The quantitative estimate of drug-likeness (QED) is 0.800. The maximum absolute atomic E-state index is 14.0. The zero-order valence-corrected chi connectivity index (χ0v) is 13.0. The molecule has 0 amide bonds. The van der Waals surface area contributed by atoms with E-state index in [2.05, 4.69) is 9.97 Å². The molecule has 1 aromatic carbocycles. The van der Waals surface area contributed by atoms with E-state index in [0.29, 0.717) is 30.8 Å². The van der Waals surface area contributed by atoms with Crippen molar-refractivity contribution in [2.24, 2.45) is 5.73 Å². The van der Waals surface area contributed by atoms with E-state index in [0.717, 1.165) is 16.8 Å². The van der Waals surface area contributed by atoms with Gasteiger partial charge in [-0.25, -0.2) is 9.37 Å². The minimum absolute atomic E-state index is 0.170. The van der Waals surface area contributed by atoms with Gasteiger partial charge < -0.3 is 15.0 Å². The zero-order chi connectivity index (χ0) is 16.5. The Bertz CT molecular complexity index is 846. The van der Waals surface area contributed by atoms with E-state index in [4.69, 9.17) is 10.5 Å². The van der Waals surface area contributed by atoms with E-state index < -0.39 is 0 Å². The second kappa shape index (κ2) is 6.05. The standard InChI is InChI=1S/C18H17FN4O/c19-16-3-2-14(18-15(16)7-13(8-20)24-18)17-4-1-12(9-22-17)10-23-6-5-21-11-23/h1-6,9,11,13H,7-8,10,20H2. The van der Waals surface area contributed by atoms with Crippen LogP contribution in [0.3, 0.4) is 0 Å². The Morgan fingerprint density at radius 2 is 2.21 bits per heavy atom. The average Bonchev–Trinajstić information content (AvgIpc) is 3.26. The van der Waals surface area contributed by atoms with Gasteiger partial charge in [-0.15, -0.1) is 0 Å². The molecular weight excluding hydrogens is 307 g/mol. The summed E-state index contributed by atoms with van der Waals surface area (Å²) in [5.41, 5.74) is 8.89. The molecule has 2 N–H and O–H groups in total. The molecular formula is C18H17FN4O. The molecule has 0 aliphatic carbocycles. The number of pyridine rings is 1. The maximum Gasteiger partial charge on any atom is 0.135 e. The van der Waals surface area contributed by atoms with Crippen LogP contribution in [0.25, 0.3) is 11.3 Å². The van der Waals surface area contributed by atoms with Crippen molar-refractivity contribution in [3.63, 3.8) is 0 Å². The van der Waals surface area contributed by atoms with Gasteiger partial charge in [-0.1, -0.05) is 6.07 Å². The van der Waals surface area contributed by atoms with Crippen LogP contribution in [0.2, 0.25) is 0 Å². The van der Waals surface area contributed by atoms with Crippen LogP contribution in [-0.4, -0.2) is 27.2 Å². The summed E-state index contributed by atoms with van der Waals surface area (Å²) >= 11 is 0. The fourth-order valence-corrected chi connectivity index (χ4v) is 2.97. The molecule has 5 nitrogen and oxygen atoms in total. The van der Waals surface area contributed by atoms with Gasteiger partial charge in [0.15, 0.2) is 0 Å². The fraction of sp³-hybridized carbons (Fsp3) is 0.222. The molecule has 1 aliphatic rings. The van der Waals surface area contributed by atoms with Crippen LogP contribution in [0.4, 0.5) is 4.39 Å². The molecule has 1 aliphatic heterocycles. The lowest BCUT2D eigenvalue weighted by atomic mass is 10.0. The smallest absolute Gasteiger partial charge is 0.135 e. The van der Waals surface area contributed by atoms with Crippen molar-refractivity contribution in [3.05, 3.63) is 66.1 Å². The predicted octanol–water partition coefficient (Wildman–Crippen LogP) is 2.39. The lowest BCUT2D eigenvalue weighted by Gasteiger charge is -2.11. The summed E-state index contributed by atoms with van der Waals surface area (Å²) in [5.74, 6) is 0.321. The van der Waals surface area contributed by atoms with Crippen molar-refractivity contribution in [2.75, 3.05) is 6.54 Å². The highest BCUT2D eigenvalue weighted by Crippen LogP contribution is 2.39. The molecule has 0 bridgehead atoms. The van der Waals surface area contributed by atoms with Crippen molar-refractivity contribution in [2.45, 2.75) is 19.1 Å². The molecule has 0 radical (unpaired) electrons. The van der Waals surface area contributed by atoms with Crippen LogP contribution in [0.15, 0.2) is 49.2 Å². The van der Waals surface area contributed by atoms with E-state index in [1.165, 1.54) is 6.07 Å². The lowest BCUT2D eigenvalue weighted by Crippen LogP contribution is -2.24. The van der Waals surface area contributed by atoms with Gasteiger partial charge in [-0.05, 0) is 23.8 Å². The molecule has 0 saturated heterocycles. The van der Waals surface area contributed by atoms with Gasteiger partial charge in [0.05, 0.1) is 12.0 Å². The minimum atomic E-state index is -0.249. The number of ether oxygens (including phenoxy) is 1. The van der Waals surface area contributed by atoms with Gasteiger partial charge in [0.1, 0.15) is 17.7 Å². The van der Waals surface area contributed by atoms with Gasteiger partial charge >= 0.3 is 0 Å². The third kappa shape index (κ3) is 2.65. The number of hydrogen-bond donors (Lipinski definition) is 1. The largest absolute Gasteiger partial charge is 0.488 e. The first-order valence-electron chi connectivity index (χ1n) is 7.83. The first-order chi connectivity index (χ1) is 11.7. The third-order valence-electron chi connectivity index (χ3n) is 4.21. The van der Waals surface area contributed by atoms with Gasteiger partial charge in [-0.3, -0.25) is 4.98 Å². The number of hydrogen-bond acceptors (Lipinski definition) is 4. The number of fused-ring (bicyclic) bond motifs is 1. The molecule has 2 aromatic heterocycles. The number of nitrogens with zero attached hydrogens (tertiary/aromatic N) is 3. The van der Waals surface area contributed by atoms with E-state index in [1.54, 1.807) is 18.6 Å². The van der Waals surface area contributed by atoms with Gasteiger partial charge in [-0.2, -0.15) is 0 Å². The normalized spacial score (nSPS) is 16.0. The molecule has 0 spiro atoms. The van der Waals surface area contributed by atoms with Crippen molar-refractivity contribution >= 4 is 0 Å². The highest BCUT2D eigenvalue weighted by atomic mass is 19.1. The monoisotopic (exact) mass is 324 g/mol. The summed E-state index contributed by atoms with van der Waals surface area (Å²) in [7, 11) is 0. The van der Waals surface area contributed by atoms with Gasteiger partial charge in [0.25, 0.3) is 0 Å². The van der Waals surface area contributed by atoms with Crippen LogP contribution >= 0.6 is 0 Å². The van der Waals surface area contributed by atoms with Crippen LogP contribution in [0.1, 0.15) is 11.1 Å². The highest BCUT2D eigenvalue weighted by molar-refractivity contribution is 5.70. The van der Waals surface area contributed by atoms with Crippen LogP contribution in [0, 0.1) is 5.82 Å². The number of rotatable bonds is 4. The minimum Gasteiger partial charge on any atom is -0.488 e. The van der Waals surface area contributed by atoms with E-state index in [9.17, 15) is 4.39 Å². The molecule has 1 unspecified atom stereocenters. The Labute approximate surface area is 138 Å². The van der Waals surface area contributed by atoms with Crippen molar-refractivity contribution in [1.29, 1.82) is 0 Å². The second-order valence-corrected chi connectivity index (χ2v) is 5.87. The van der Waals surface area contributed by atoms with E-state index >= 15 is 0 Å². The van der Waals surface area contributed by atoms with Crippen LogP contribution < -0.4 is 10.5 Å². The molecule has 0 fully saturated rings. The maximum atomic E-state index is 14.0. The Hall–Kier alpha value is -2.73. The Balaban J connectivity index is 1.64.